The lowest BCUT2D eigenvalue weighted by molar-refractivity contribution is -0.122. The Morgan fingerprint density at radius 3 is 2.65 bits per heavy atom. The molecule has 0 spiro atoms. The number of carbonyl (C=O) groups excluding carboxylic acids is 1. The van der Waals surface area contributed by atoms with Crippen molar-refractivity contribution in [1.82, 2.24) is 10.2 Å². The number of nitrogens with one attached hydrogen (secondary N) is 1. The number of hydrogen-bond donors (Lipinski definition) is 1. The molecule has 5 nitrogen and oxygen atoms in total. The zero-order chi connectivity index (χ0) is 22.2. The van der Waals surface area contributed by atoms with Crippen molar-refractivity contribution in [3.05, 3.63) is 59.4 Å². The molecule has 3 rings (SSSR count). The van der Waals surface area contributed by atoms with Crippen molar-refractivity contribution in [3.8, 4) is 11.5 Å². The van der Waals surface area contributed by atoms with E-state index in [2.05, 4.69) is 10.2 Å². The van der Waals surface area contributed by atoms with Crippen molar-refractivity contribution >= 4 is 5.91 Å². The van der Waals surface area contributed by atoms with Gasteiger partial charge in [0.15, 0.2) is 11.5 Å². The van der Waals surface area contributed by atoms with E-state index >= 15 is 0 Å². The Bertz CT molecular complexity index is 868. The van der Waals surface area contributed by atoms with Gasteiger partial charge in [0.1, 0.15) is 12.4 Å². The van der Waals surface area contributed by atoms with E-state index in [1.807, 2.05) is 38.1 Å². The van der Waals surface area contributed by atoms with E-state index in [0.29, 0.717) is 18.0 Å². The molecule has 0 heterocycles. The van der Waals surface area contributed by atoms with Crippen molar-refractivity contribution in [1.29, 1.82) is 0 Å². The van der Waals surface area contributed by atoms with E-state index in [1.54, 1.807) is 13.2 Å². The lowest BCUT2D eigenvalue weighted by atomic mass is 10.1. The fourth-order valence-electron chi connectivity index (χ4n) is 3.53. The number of hydrogen-bond acceptors (Lipinski definition) is 4. The van der Waals surface area contributed by atoms with Crippen LogP contribution in [0.5, 0.6) is 11.5 Å². The third kappa shape index (κ3) is 7.87. The van der Waals surface area contributed by atoms with E-state index in [0.717, 1.165) is 36.6 Å². The quantitative estimate of drug-likeness (QED) is 0.551. The first kappa shape index (κ1) is 23.1. The number of nitrogens with zero attached hydrogens (tertiary/aromatic N) is 1. The van der Waals surface area contributed by atoms with Crippen LogP contribution in [0.1, 0.15) is 37.8 Å². The Labute approximate surface area is 184 Å². The van der Waals surface area contributed by atoms with Gasteiger partial charge in [-0.25, -0.2) is 4.39 Å². The normalized spacial score (nSPS) is 13.5. The summed E-state index contributed by atoms with van der Waals surface area (Å²) in [4.78, 5) is 14.5. The smallest absolute Gasteiger partial charge is 0.234 e. The molecule has 1 aliphatic carbocycles. The predicted molar refractivity (Wildman–Crippen MR) is 120 cm³/mol. The van der Waals surface area contributed by atoms with Crippen LogP contribution in [-0.2, 0) is 17.8 Å². The van der Waals surface area contributed by atoms with Crippen molar-refractivity contribution < 1.29 is 18.7 Å². The molecule has 6 heteroatoms. The molecular weight excluding hydrogens is 395 g/mol. The molecular formula is C25H33FN2O3. The number of rotatable bonds is 12. The minimum Gasteiger partial charge on any atom is -0.493 e. The van der Waals surface area contributed by atoms with Gasteiger partial charge in [-0.2, -0.15) is 0 Å². The molecule has 0 radical (unpaired) electrons. The van der Waals surface area contributed by atoms with Gasteiger partial charge in [-0.1, -0.05) is 18.2 Å². The zero-order valence-electron chi connectivity index (χ0n) is 18.7. The largest absolute Gasteiger partial charge is 0.493 e. The predicted octanol–water partition coefficient (Wildman–Crippen LogP) is 4.19. The average molecular weight is 429 g/mol. The Morgan fingerprint density at radius 1 is 1.16 bits per heavy atom. The summed E-state index contributed by atoms with van der Waals surface area (Å²) < 4.78 is 24.7. The van der Waals surface area contributed by atoms with E-state index in [9.17, 15) is 9.18 Å². The van der Waals surface area contributed by atoms with Crippen LogP contribution in [0, 0.1) is 11.7 Å². The molecule has 0 saturated heterocycles. The maximum absolute atomic E-state index is 13.4. The monoisotopic (exact) mass is 428 g/mol. The molecule has 0 aromatic heterocycles. The molecule has 1 aliphatic rings. The van der Waals surface area contributed by atoms with Crippen molar-refractivity contribution in [2.75, 3.05) is 26.7 Å². The average Bonchev–Trinajstić information content (AvgIpc) is 3.54. The van der Waals surface area contributed by atoms with Crippen LogP contribution in [-0.4, -0.2) is 43.6 Å². The third-order valence-corrected chi connectivity index (χ3v) is 5.26. The second kappa shape index (κ2) is 11.1. The highest BCUT2D eigenvalue weighted by Crippen LogP contribution is 2.31. The molecule has 2 aromatic carbocycles. The number of methoxy groups -OCH3 is 1. The zero-order valence-corrected chi connectivity index (χ0v) is 18.7. The molecule has 0 bridgehead atoms. The summed E-state index contributed by atoms with van der Waals surface area (Å²) in [6.07, 6.45) is 3.34. The van der Waals surface area contributed by atoms with Crippen molar-refractivity contribution in [2.24, 2.45) is 5.92 Å². The molecule has 1 amide bonds. The van der Waals surface area contributed by atoms with Crippen LogP contribution in [0.25, 0.3) is 0 Å². The first-order valence-electron chi connectivity index (χ1n) is 11.0. The highest BCUT2D eigenvalue weighted by atomic mass is 19.1. The SMILES string of the molecule is COc1cc(CCN(CC(=O)NC(C)C)CC2CC2)ccc1OCc1cccc(F)c1. The number of halogens is 1. The van der Waals surface area contributed by atoms with Crippen LogP contribution < -0.4 is 14.8 Å². The summed E-state index contributed by atoms with van der Waals surface area (Å²) in [5, 5.41) is 2.98. The number of carbonyl (C=O) groups is 1. The Kier molecular flexibility index (Phi) is 8.29. The fraction of sp³-hybridized carbons (Fsp3) is 0.480. The van der Waals surface area contributed by atoms with Crippen molar-refractivity contribution in [2.45, 2.75) is 45.8 Å². The lowest BCUT2D eigenvalue weighted by Gasteiger charge is -2.22. The van der Waals surface area contributed by atoms with Gasteiger partial charge in [-0.15, -0.1) is 0 Å². The van der Waals surface area contributed by atoms with Gasteiger partial charge in [0.25, 0.3) is 0 Å². The molecule has 2 aromatic rings. The lowest BCUT2D eigenvalue weighted by Crippen LogP contribution is -2.41. The summed E-state index contributed by atoms with van der Waals surface area (Å²) in [6, 6.07) is 12.4. The molecule has 168 valence electrons. The Hall–Kier alpha value is -2.60. The number of amides is 1. The van der Waals surface area contributed by atoms with Gasteiger partial charge < -0.3 is 14.8 Å². The fourth-order valence-corrected chi connectivity index (χ4v) is 3.53. The maximum atomic E-state index is 13.4. The van der Waals surface area contributed by atoms with Crippen LogP contribution in [0.3, 0.4) is 0 Å². The summed E-state index contributed by atoms with van der Waals surface area (Å²) in [6.45, 7) is 6.45. The molecule has 1 fully saturated rings. The van der Waals surface area contributed by atoms with E-state index in [4.69, 9.17) is 9.47 Å². The molecule has 0 unspecified atom stereocenters. The minimum absolute atomic E-state index is 0.0781. The highest BCUT2D eigenvalue weighted by Gasteiger charge is 2.25. The van der Waals surface area contributed by atoms with E-state index in [1.165, 1.54) is 25.0 Å². The Morgan fingerprint density at radius 2 is 1.97 bits per heavy atom. The molecule has 1 N–H and O–H groups in total. The summed E-state index contributed by atoms with van der Waals surface area (Å²) in [5.74, 6) is 1.80. The van der Waals surface area contributed by atoms with Crippen LogP contribution in [0.2, 0.25) is 0 Å². The maximum Gasteiger partial charge on any atom is 0.234 e. The summed E-state index contributed by atoms with van der Waals surface area (Å²) in [7, 11) is 1.61. The summed E-state index contributed by atoms with van der Waals surface area (Å²) in [5.41, 5.74) is 1.89. The van der Waals surface area contributed by atoms with Crippen LogP contribution in [0.4, 0.5) is 4.39 Å². The standard InChI is InChI=1S/C25H33FN2O3/c1-18(2)27-25(29)16-28(15-20-7-8-20)12-11-19-9-10-23(24(14-19)30-3)31-17-21-5-4-6-22(26)13-21/h4-6,9-10,13-14,18,20H,7-8,11-12,15-17H2,1-3H3,(H,27,29). The van der Waals surface area contributed by atoms with Gasteiger partial charge in [-0.3, -0.25) is 9.69 Å². The third-order valence-electron chi connectivity index (χ3n) is 5.26. The second-order valence-corrected chi connectivity index (χ2v) is 8.55. The van der Waals surface area contributed by atoms with Gasteiger partial charge in [0.2, 0.25) is 5.91 Å². The van der Waals surface area contributed by atoms with E-state index in [-0.39, 0.29) is 24.4 Å². The van der Waals surface area contributed by atoms with Gasteiger partial charge >= 0.3 is 0 Å². The molecule has 0 aliphatic heterocycles. The Balaban J connectivity index is 1.57. The van der Waals surface area contributed by atoms with Gasteiger partial charge in [0, 0.05) is 19.1 Å². The topological polar surface area (TPSA) is 50.8 Å². The molecule has 0 atom stereocenters. The van der Waals surface area contributed by atoms with Crippen molar-refractivity contribution in [3.63, 3.8) is 0 Å². The van der Waals surface area contributed by atoms with Crippen LogP contribution in [0.15, 0.2) is 42.5 Å². The van der Waals surface area contributed by atoms with Gasteiger partial charge in [-0.05, 0) is 74.4 Å². The van der Waals surface area contributed by atoms with Crippen LogP contribution >= 0.6 is 0 Å². The number of ether oxygens (including phenoxy) is 2. The second-order valence-electron chi connectivity index (χ2n) is 8.55. The van der Waals surface area contributed by atoms with E-state index < -0.39 is 0 Å². The summed E-state index contributed by atoms with van der Waals surface area (Å²) >= 11 is 0. The number of benzene rings is 2. The van der Waals surface area contributed by atoms with Gasteiger partial charge in [0.05, 0.1) is 13.7 Å². The first-order chi connectivity index (χ1) is 14.9. The first-order valence-corrected chi connectivity index (χ1v) is 11.0. The minimum atomic E-state index is -0.277. The molecule has 1 saturated carbocycles. The molecule has 31 heavy (non-hydrogen) atoms. The highest BCUT2D eigenvalue weighted by molar-refractivity contribution is 5.78.